The number of carbonyl (C=O) groups is 1. The van der Waals surface area contributed by atoms with Gasteiger partial charge in [0.15, 0.2) is 5.96 Å². The maximum atomic E-state index is 12.1. The largest absolute Gasteiger partial charge is 0.371 e. The number of nitrogens with one attached hydrogen (secondary N) is 2. The van der Waals surface area contributed by atoms with Crippen LogP contribution in [-0.4, -0.2) is 48.5 Å². The highest BCUT2D eigenvalue weighted by atomic mass is 16.5. The van der Waals surface area contributed by atoms with E-state index < -0.39 is 0 Å². The smallest absolute Gasteiger partial charge is 0.225 e. The normalized spacial score (nSPS) is 17.9. The Morgan fingerprint density at radius 1 is 1.32 bits per heavy atom. The molecule has 0 spiro atoms. The first-order valence-corrected chi connectivity index (χ1v) is 10.2. The van der Waals surface area contributed by atoms with Gasteiger partial charge >= 0.3 is 0 Å². The second-order valence-corrected chi connectivity index (χ2v) is 8.72. The van der Waals surface area contributed by atoms with Gasteiger partial charge in [0.1, 0.15) is 0 Å². The summed E-state index contributed by atoms with van der Waals surface area (Å²) in [5, 5.41) is 6.81. The molecule has 1 fully saturated rings. The Hall–Kier alpha value is -2.08. The predicted molar refractivity (Wildman–Crippen MR) is 114 cm³/mol. The van der Waals surface area contributed by atoms with E-state index in [1.165, 1.54) is 5.56 Å². The number of guanidine groups is 1. The molecule has 0 saturated carbocycles. The van der Waals surface area contributed by atoms with Crippen LogP contribution in [0.4, 0.5) is 0 Å². The maximum Gasteiger partial charge on any atom is 0.225 e. The van der Waals surface area contributed by atoms with Crippen LogP contribution in [0.1, 0.15) is 52.2 Å². The van der Waals surface area contributed by atoms with Crippen LogP contribution in [-0.2, 0) is 22.7 Å². The van der Waals surface area contributed by atoms with Gasteiger partial charge in [0, 0.05) is 38.6 Å². The molecule has 1 heterocycles. The maximum absolute atomic E-state index is 12.1. The summed E-state index contributed by atoms with van der Waals surface area (Å²) in [7, 11) is 1.77. The van der Waals surface area contributed by atoms with Gasteiger partial charge in [-0.3, -0.25) is 9.79 Å². The molecule has 1 aromatic rings. The van der Waals surface area contributed by atoms with Crippen molar-refractivity contribution in [3.8, 4) is 0 Å². The Labute approximate surface area is 169 Å². The van der Waals surface area contributed by atoms with Crippen molar-refractivity contribution >= 4 is 11.9 Å². The summed E-state index contributed by atoms with van der Waals surface area (Å²) in [6.07, 6.45) is 0.943. The highest BCUT2D eigenvalue weighted by molar-refractivity contribution is 5.81. The molecule has 0 aromatic heterocycles. The molecule has 6 nitrogen and oxygen atoms in total. The number of carbonyl (C=O) groups excluding carboxylic acids is 1. The first-order chi connectivity index (χ1) is 13.2. The van der Waals surface area contributed by atoms with Gasteiger partial charge in [-0.05, 0) is 38.3 Å². The number of hydrogen-bond acceptors (Lipinski definition) is 3. The zero-order valence-electron chi connectivity index (χ0n) is 18.2. The fourth-order valence-corrected chi connectivity index (χ4v) is 3.15. The van der Waals surface area contributed by atoms with Crippen molar-refractivity contribution in [3.63, 3.8) is 0 Å². The third-order valence-corrected chi connectivity index (χ3v) is 4.68. The molecule has 28 heavy (non-hydrogen) atoms. The first-order valence-electron chi connectivity index (χ1n) is 10.2. The van der Waals surface area contributed by atoms with E-state index in [9.17, 15) is 4.79 Å². The van der Waals surface area contributed by atoms with Crippen molar-refractivity contribution in [2.24, 2.45) is 10.9 Å². The van der Waals surface area contributed by atoms with Gasteiger partial charge in [-0.15, -0.1) is 0 Å². The minimum absolute atomic E-state index is 0.0470. The standard InChI is InChI=1S/C22H36N4O2/c1-16(2)20(27)26-11-10-19(14-26)25-21(23-6)24-13-17-8-7-9-18(12-17)15-28-22(3,4)5/h7-9,12,16,19H,10-11,13-15H2,1-6H3,(H2,23,24,25). The minimum atomic E-state index is -0.146. The average molecular weight is 389 g/mol. The number of hydrogen-bond donors (Lipinski definition) is 2. The Balaban J connectivity index is 1.84. The summed E-state index contributed by atoms with van der Waals surface area (Å²) in [5.41, 5.74) is 2.20. The number of rotatable bonds is 6. The summed E-state index contributed by atoms with van der Waals surface area (Å²) in [5.74, 6) is 1.03. The van der Waals surface area contributed by atoms with Crippen LogP contribution in [0, 0.1) is 5.92 Å². The molecular weight excluding hydrogens is 352 g/mol. The lowest BCUT2D eigenvalue weighted by Gasteiger charge is -2.21. The summed E-state index contributed by atoms with van der Waals surface area (Å²) in [4.78, 5) is 18.4. The van der Waals surface area contributed by atoms with Gasteiger partial charge in [-0.1, -0.05) is 38.1 Å². The van der Waals surface area contributed by atoms with Gasteiger partial charge < -0.3 is 20.3 Å². The molecule has 2 N–H and O–H groups in total. The first kappa shape index (κ1) is 22.2. The minimum Gasteiger partial charge on any atom is -0.371 e. The van der Waals surface area contributed by atoms with E-state index in [0.29, 0.717) is 13.2 Å². The fraction of sp³-hybridized carbons (Fsp3) is 0.636. The summed E-state index contributed by atoms with van der Waals surface area (Å²) in [6.45, 7) is 12.9. The Bertz CT molecular complexity index is 679. The summed E-state index contributed by atoms with van der Waals surface area (Å²) >= 11 is 0. The van der Waals surface area contributed by atoms with Crippen LogP contribution in [0.3, 0.4) is 0 Å². The van der Waals surface area contributed by atoms with Crippen LogP contribution in [0.5, 0.6) is 0 Å². The Morgan fingerprint density at radius 3 is 2.68 bits per heavy atom. The second-order valence-electron chi connectivity index (χ2n) is 8.72. The predicted octanol–water partition coefficient (Wildman–Crippen LogP) is 2.92. The second kappa shape index (κ2) is 9.92. The molecule has 1 aromatic carbocycles. The zero-order chi connectivity index (χ0) is 20.7. The number of ether oxygens (including phenoxy) is 1. The van der Waals surface area contributed by atoms with E-state index in [-0.39, 0.29) is 23.5 Å². The SMILES string of the molecule is CN=C(NCc1cccc(COC(C)(C)C)c1)NC1CCN(C(=O)C(C)C)C1. The van der Waals surface area contributed by atoms with E-state index in [4.69, 9.17) is 4.74 Å². The van der Waals surface area contributed by atoms with E-state index in [1.807, 2.05) is 18.7 Å². The third kappa shape index (κ3) is 7.15. The van der Waals surface area contributed by atoms with Crippen LogP contribution in [0.15, 0.2) is 29.3 Å². The molecule has 1 saturated heterocycles. The average Bonchev–Trinajstić information content (AvgIpc) is 3.11. The van der Waals surface area contributed by atoms with E-state index in [2.05, 4.69) is 60.7 Å². The molecule has 2 rings (SSSR count). The molecule has 0 bridgehead atoms. The molecule has 156 valence electrons. The van der Waals surface area contributed by atoms with Crippen molar-refractivity contribution in [2.45, 2.75) is 65.8 Å². The van der Waals surface area contributed by atoms with Crippen molar-refractivity contribution in [1.82, 2.24) is 15.5 Å². The fourth-order valence-electron chi connectivity index (χ4n) is 3.15. The zero-order valence-corrected chi connectivity index (χ0v) is 18.2. The molecule has 1 aliphatic rings. The molecule has 0 aliphatic carbocycles. The molecule has 1 amide bonds. The third-order valence-electron chi connectivity index (χ3n) is 4.68. The number of benzene rings is 1. The van der Waals surface area contributed by atoms with Crippen LogP contribution in [0.25, 0.3) is 0 Å². The van der Waals surface area contributed by atoms with Crippen LogP contribution < -0.4 is 10.6 Å². The van der Waals surface area contributed by atoms with Gasteiger partial charge in [-0.25, -0.2) is 0 Å². The number of nitrogens with zero attached hydrogens (tertiary/aromatic N) is 2. The summed E-state index contributed by atoms with van der Waals surface area (Å²) < 4.78 is 5.86. The van der Waals surface area contributed by atoms with Crippen molar-refractivity contribution in [3.05, 3.63) is 35.4 Å². The molecule has 1 atom stereocenters. The highest BCUT2D eigenvalue weighted by Gasteiger charge is 2.27. The number of likely N-dealkylation sites (tertiary alicyclic amines) is 1. The van der Waals surface area contributed by atoms with Gasteiger partial charge in [-0.2, -0.15) is 0 Å². The van der Waals surface area contributed by atoms with Crippen molar-refractivity contribution in [1.29, 1.82) is 0 Å². The molecule has 0 radical (unpaired) electrons. The lowest BCUT2D eigenvalue weighted by Crippen LogP contribution is -2.45. The van der Waals surface area contributed by atoms with Crippen molar-refractivity contribution < 1.29 is 9.53 Å². The molecule has 1 aliphatic heterocycles. The lowest BCUT2D eigenvalue weighted by molar-refractivity contribution is -0.133. The topological polar surface area (TPSA) is 66.0 Å². The highest BCUT2D eigenvalue weighted by Crippen LogP contribution is 2.14. The van der Waals surface area contributed by atoms with Crippen LogP contribution in [0.2, 0.25) is 0 Å². The summed E-state index contributed by atoms with van der Waals surface area (Å²) in [6, 6.07) is 8.63. The van der Waals surface area contributed by atoms with E-state index >= 15 is 0 Å². The molecular formula is C22H36N4O2. The van der Waals surface area contributed by atoms with Crippen LogP contribution >= 0.6 is 0 Å². The Morgan fingerprint density at radius 2 is 2.04 bits per heavy atom. The molecule has 6 heteroatoms. The lowest BCUT2D eigenvalue weighted by atomic mass is 10.1. The number of amides is 1. The number of aliphatic imine (C=N–C) groups is 1. The van der Waals surface area contributed by atoms with Gasteiger partial charge in [0.05, 0.1) is 12.2 Å². The van der Waals surface area contributed by atoms with E-state index in [0.717, 1.165) is 31.0 Å². The van der Waals surface area contributed by atoms with Gasteiger partial charge in [0.25, 0.3) is 0 Å². The monoisotopic (exact) mass is 388 g/mol. The van der Waals surface area contributed by atoms with Crippen molar-refractivity contribution in [2.75, 3.05) is 20.1 Å². The quantitative estimate of drug-likeness (QED) is 0.581. The Kier molecular flexibility index (Phi) is 7.87. The molecule has 1 unspecified atom stereocenters. The van der Waals surface area contributed by atoms with E-state index in [1.54, 1.807) is 7.05 Å². The van der Waals surface area contributed by atoms with Gasteiger partial charge in [0.2, 0.25) is 5.91 Å².